The SMILES string of the molecule is CC(C)(C)c1cc(-c2cc3ccccc3cn2)cc(-c2cccc3c2nc(-c2cc(C(C)(C)C)cc(C(C)(C)C)c2O)n3-c2c(-c3ccccc3)cccc2-c2ccccc2)c1. The highest BCUT2D eigenvalue weighted by Gasteiger charge is 2.30. The lowest BCUT2D eigenvalue weighted by molar-refractivity contribution is 0.446. The molecule has 0 saturated heterocycles. The fraction of sp³-hybridized carbons (Fsp3) is 0.207. The normalized spacial score (nSPS) is 12.3. The fourth-order valence-electron chi connectivity index (χ4n) is 8.64. The van der Waals surface area contributed by atoms with Crippen molar-refractivity contribution in [2.75, 3.05) is 0 Å². The van der Waals surface area contributed by atoms with Gasteiger partial charge in [0, 0.05) is 39.4 Å². The average Bonchev–Trinajstić information content (AvgIpc) is 3.64. The number of nitrogens with zero attached hydrogens (tertiary/aromatic N) is 3. The van der Waals surface area contributed by atoms with Gasteiger partial charge in [-0.2, -0.15) is 0 Å². The van der Waals surface area contributed by atoms with E-state index in [4.69, 9.17) is 9.97 Å². The van der Waals surface area contributed by atoms with Crippen LogP contribution in [0.3, 0.4) is 0 Å². The molecule has 9 rings (SSSR count). The second kappa shape index (κ2) is 15.3. The van der Waals surface area contributed by atoms with Crippen molar-refractivity contribution in [3.05, 3.63) is 181 Å². The van der Waals surface area contributed by atoms with Crippen molar-refractivity contribution >= 4 is 21.8 Å². The highest BCUT2D eigenvalue weighted by Crippen LogP contribution is 2.47. The molecule has 7 aromatic carbocycles. The number of aromatic nitrogens is 3. The molecule has 0 unspecified atom stereocenters. The van der Waals surface area contributed by atoms with Crippen LogP contribution in [0.2, 0.25) is 0 Å². The summed E-state index contributed by atoms with van der Waals surface area (Å²) >= 11 is 0. The first kappa shape index (κ1) is 40.6. The van der Waals surface area contributed by atoms with Crippen molar-refractivity contribution in [2.45, 2.75) is 78.6 Å². The largest absolute Gasteiger partial charge is 0.507 e. The minimum atomic E-state index is -0.333. The predicted octanol–water partition coefficient (Wildman–Crippen LogP) is 15.5. The molecule has 2 aromatic heterocycles. The highest BCUT2D eigenvalue weighted by molar-refractivity contribution is 5.99. The summed E-state index contributed by atoms with van der Waals surface area (Å²) in [5, 5.41) is 14.9. The molecule has 2 heterocycles. The van der Waals surface area contributed by atoms with Gasteiger partial charge in [-0.1, -0.05) is 190 Å². The van der Waals surface area contributed by atoms with E-state index in [1.54, 1.807) is 0 Å². The lowest BCUT2D eigenvalue weighted by Crippen LogP contribution is -2.17. The Morgan fingerprint density at radius 2 is 1.00 bits per heavy atom. The van der Waals surface area contributed by atoms with Crippen molar-refractivity contribution in [3.8, 4) is 67.5 Å². The maximum absolute atomic E-state index is 12.6. The van der Waals surface area contributed by atoms with E-state index >= 15 is 0 Å². The predicted molar refractivity (Wildman–Crippen MR) is 261 cm³/mol. The minimum Gasteiger partial charge on any atom is -0.507 e. The molecule has 62 heavy (non-hydrogen) atoms. The third-order valence-electron chi connectivity index (χ3n) is 12.2. The molecular weight excluding hydrogens is 755 g/mol. The van der Waals surface area contributed by atoms with Gasteiger partial charge in [0.05, 0.1) is 28.0 Å². The van der Waals surface area contributed by atoms with Crippen LogP contribution in [0.4, 0.5) is 0 Å². The summed E-state index contributed by atoms with van der Waals surface area (Å²) in [7, 11) is 0. The second-order valence-corrected chi connectivity index (χ2v) is 19.8. The summed E-state index contributed by atoms with van der Waals surface area (Å²) in [5.41, 5.74) is 14.5. The third kappa shape index (κ3) is 7.49. The van der Waals surface area contributed by atoms with Crippen molar-refractivity contribution in [1.29, 1.82) is 0 Å². The lowest BCUT2D eigenvalue weighted by atomic mass is 9.79. The molecule has 0 atom stereocenters. The summed E-state index contributed by atoms with van der Waals surface area (Å²) < 4.78 is 2.32. The molecule has 0 saturated carbocycles. The number of fused-ring (bicyclic) bond motifs is 2. The van der Waals surface area contributed by atoms with Gasteiger partial charge in [-0.05, 0) is 79.8 Å². The zero-order valence-electron chi connectivity index (χ0n) is 37.4. The summed E-state index contributed by atoms with van der Waals surface area (Å²) in [5.74, 6) is 0.937. The van der Waals surface area contributed by atoms with E-state index in [9.17, 15) is 5.11 Å². The van der Waals surface area contributed by atoms with Crippen LogP contribution in [0.15, 0.2) is 164 Å². The first-order valence-electron chi connectivity index (χ1n) is 21.7. The second-order valence-electron chi connectivity index (χ2n) is 19.8. The first-order valence-corrected chi connectivity index (χ1v) is 21.7. The number of benzene rings is 7. The third-order valence-corrected chi connectivity index (χ3v) is 12.2. The van der Waals surface area contributed by atoms with Crippen molar-refractivity contribution in [3.63, 3.8) is 0 Å². The molecule has 0 amide bonds. The Morgan fingerprint density at radius 1 is 0.452 bits per heavy atom. The Hall–Kier alpha value is -6.78. The summed E-state index contributed by atoms with van der Waals surface area (Å²) in [6.07, 6.45) is 1.97. The van der Waals surface area contributed by atoms with Gasteiger partial charge in [0.25, 0.3) is 0 Å². The fourth-order valence-corrected chi connectivity index (χ4v) is 8.64. The molecule has 1 N–H and O–H groups in total. The number of rotatable bonds is 6. The molecule has 0 aliphatic carbocycles. The molecule has 0 aliphatic heterocycles. The topological polar surface area (TPSA) is 50.9 Å². The molecule has 308 valence electrons. The number of hydrogen-bond donors (Lipinski definition) is 1. The van der Waals surface area contributed by atoms with E-state index in [1.165, 1.54) is 5.56 Å². The molecule has 4 nitrogen and oxygen atoms in total. The molecule has 0 spiro atoms. The minimum absolute atomic E-state index is 0.137. The van der Waals surface area contributed by atoms with Crippen LogP contribution in [0.1, 0.15) is 79.0 Å². The van der Waals surface area contributed by atoms with E-state index in [2.05, 4.69) is 225 Å². The standard InChI is InChI=1S/C58H55N3O/c1-56(2,3)43-31-41(30-42(32-43)50-33-39-24-16-17-25-40(39)36-59-50)45-26-19-29-51-52(45)60-55(48-34-44(57(4,5)6)35-49(54(48)62)58(7,8)9)61(51)53-46(37-20-12-10-13-21-37)27-18-28-47(53)38-22-14-11-15-23-38/h10-36,62H,1-9H3. The van der Waals surface area contributed by atoms with Gasteiger partial charge >= 0.3 is 0 Å². The van der Waals surface area contributed by atoms with Crippen molar-refractivity contribution < 1.29 is 5.11 Å². The molecular formula is C58H55N3O. The van der Waals surface area contributed by atoms with E-state index in [-0.39, 0.29) is 22.0 Å². The number of hydrogen-bond acceptors (Lipinski definition) is 3. The quantitative estimate of drug-likeness (QED) is 0.182. The van der Waals surface area contributed by atoms with Gasteiger partial charge in [-0.15, -0.1) is 0 Å². The molecule has 0 aliphatic rings. The van der Waals surface area contributed by atoms with E-state index in [0.29, 0.717) is 11.4 Å². The van der Waals surface area contributed by atoms with Gasteiger partial charge in [0.1, 0.15) is 11.6 Å². The number of imidazole rings is 1. The molecule has 0 fully saturated rings. The van der Waals surface area contributed by atoms with Crippen LogP contribution in [0.5, 0.6) is 5.75 Å². The van der Waals surface area contributed by atoms with Crippen molar-refractivity contribution in [2.24, 2.45) is 0 Å². The maximum atomic E-state index is 12.6. The van der Waals surface area contributed by atoms with Crippen LogP contribution in [0, 0.1) is 0 Å². The first-order chi connectivity index (χ1) is 29.6. The monoisotopic (exact) mass is 809 g/mol. The smallest absolute Gasteiger partial charge is 0.149 e. The number of aromatic hydroxyl groups is 1. The zero-order chi connectivity index (χ0) is 43.6. The summed E-state index contributed by atoms with van der Waals surface area (Å²) in [6.45, 7) is 20.0. The lowest BCUT2D eigenvalue weighted by Gasteiger charge is -2.28. The van der Waals surface area contributed by atoms with Gasteiger partial charge < -0.3 is 5.11 Å². The molecule has 4 heteroatoms. The number of phenols is 1. The molecule has 0 bridgehead atoms. The van der Waals surface area contributed by atoms with Crippen LogP contribution in [0.25, 0.3) is 83.5 Å². The Bertz CT molecular complexity index is 3060. The maximum Gasteiger partial charge on any atom is 0.149 e. The Kier molecular flexibility index (Phi) is 10.0. The van der Waals surface area contributed by atoms with E-state index in [0.717, 1.165) is 83.3 Å². The van der Waals surface area contributed by atoms with Crippen LogP contribution >= 0.6 is 0 Å². The van der Waals surface area contributed by atoms with Crippen LogP contribution in [-0.2, 0) is 16.2 Å². The zero-order valence-corrected chi connectivity index (χ0v) is 37.4. The van der Waals surface area contributed by atoms with Gasteiger partial charge in [-0.3, -0.25) is 9.55 Å². The summed E-state index contributed by atoms with van der Waals surface area (Å²) in [4.78, 5) is 10.7. The van der Waals surface area contributed by atoms with Gasteiger partial charge in [0.15, 0.2) is 0 Å². The Morgan fingerprint density at radius 3 is 1.61 bits per heavy atom. The van der Waals surface area contributed by atoms with E-state index < -0.39 is 0 Å². The molecule has 0 radical (unpaired) electrons. The van der Waals surface area contributed by atoms with Gasteiger partial charge in [-0.25, -0.2) is 4.98 Å². The highest BCUT2D eigenvalue weighted by atomic mass is 16.3. The van der Waals surface area contributed by atoms with Crippen LogP contribution < -0.4 is 0 Å². The number of pyridine rings is 1. The van der Waals surface area contributed by atoms with E-state index in [1.807, 2.05) is 6.20 Å². The summed E-state index contributed by atoms with van der Waals surface area (Å²) in [6, 6.07) is 56.1. The van der Waals surface area contributed by atoms with Crippen LogP contribution in [-0.4, -0.2) is 19.6 Å². The number of phenolic OH excluding ortho intramolecular Hbond substituents is 1. The Labute approximate surface area is 366 Å². The van der Waals surface area contributed by atoms with Crippen molar-refractivity contribution in [1.82, 2.24) is 14.5 Å². The Balaban J connectivity index is 1.42. The van der Waals surface area contributed by atoms with Gasteiger partial charge in [0.2, 0.25) is 0 Å². The average molecular weight is 810 g/mol. The number of para-hydroxylation sites is 2. The molecule has 9 aromatic rings.